The van der Waals surface area contributed by atoms with Crippen molar-refractivity contribution in [2.24, 2.45) is 16.3 Å². The second kappa shape index (κ2) is 11.0. The number of nitrogens with one attached hydrogen (secondary N) is 2. The highest BCUT2D eigenvalue weighted by molar-refractivity contribution is 14.0. The molecule has 1 aromatic heterocycles. The minimum Gasteiger partial charge on any atom is -0.377 e. The third-order valence-corrected chi connectivity index (χ3v) is 5.22. The van der Waals surface area contributed by atoms with E-state index in [1.165, 1.54) is 12.0 Å². The monoisotopic (exact) mass is 511 g/mol. The van der Waals surface area contributed by atoms with Gasteiger partial charge in [0.05, 0.1) is 11.8 Å². The molecule has 1 aromatic carbocycles. The number of ether oxygens (including phenoxy) is 1. The van der Waals surface area contributed by atoms with E-state index in [9.17, 15) is 0 Å². The summed E-state index contributed by atoms with van der Waals surface area (Å²) in [7, 11) is 1.81. The van der Waals surface area contributed by atoms with Crippen molar-refractivity contribution in [3.05, 3.63) is 48.3 Å². The van der Waals surface area contributed by atoms with Gasteiger partial charge in [-0.2, -0.15) is 5.10 Å². The van der Waals surface area contributed by atoms with Crippen molar-refractivity contribution < 1.29 is 4.74 Å². The van der Waals surface area contributed by atoms with E-state index in [4.69, 9.17) is 4.74 Å². The van der Waals surface area contributed by atoms with E-state index in [-0.39, 0.29) is 35.5 Å². The SMILES string of the molecule is CN=C(NCc1ccc(-n2cccn2)cc1)NCC1CCCOC1C(C)(C)C.I. The molecule has 2 heterocycles. The lowest BCUT2D eigenvalue weighted by atomic mass is 9.78. The van der Waals surface area contributed by atoms with Crippen LogP contribution in [-0.2, 0) is 11.3 Å². The fraction of sp³-hybridized carbons (Fsp3) is 0.545. The highest BCUT2D eigenvalue weighted by Gasteiger charge is 2.35. The molecule has 0 aliphatic carbocycles. The van der Waals surface area contributed by atoms with Crippen LogP contribution in [0.25, 0.3) is 5.69 Å². The van der Waals surface area contributed by atoms with Crippen LogP contribution in [0.5, 0.6) is 0 Å². The summed E-state index contributed by atoms with van der Waals surface area (Å²) in [4.78, 5) is 4.37. The summed E-state index contributed by atoms with van der Waals surface area (Å²) in [6.45, 7) is 9.25. The first-order valence-corrected chi connectivity index (χ1v) is 10.1. The molecule has 0 saturated carbocycles. The number of hydrogen-bond acceptors (Lipinski definition) is 3. The molecule has 0 spiro atoms. The van der Waals surface area contributed by atoms with Gasteiger partial charge in [-0.1, -0.05) is 32.9 Å². The number of aromatic nitrogens is 2. The Bertz CT molecular complexity index is 753. The molecule has 2 unspecified atom stereocenters. The first kappa shape index (κ1) is 23.7. The van der Waals surface area contributed by atoms with Gasteiger partial charge in [-0.25, -0.2) is 4.68 Å². The van der Waals surface area contributed by atoms with Gasteiger partial charge in [0.25, 0.3) is 0 Å². The molecule has 0 bridgehead atoms. The van der Waals surface area contributed by atoms with Crippen molar-refractivity contribution in [2.45, 2.75) is 46.3 Å². The van der Waals surface area contributed by atoms with Crippen LogP contribution < -0.4 is 10.6 Å². The van der Waals surface area contributed by atoms with E-state index < -0.39 is 0 Å². The van der Waals surface area contributed by atoms with Gasteiger partial charge in [-0.3, -0.25) is 4.99 Å². The fourth-order valence-corrected chi connectivity index (χ4v) is 3.83. The Hall–Kier alpha value is -1.61. The molecule has 0 amide bonds. The second-order valence-corrected chi connectivity index (χ2v) is 8.48. The van der Waals surface area contributed by atoms with Gasteiger partial charge in [0, 0.05) is 45.1 Å². The third-order valence-electron chi connectivity index (χ3n) is 5.22. The summed E-state index contributed by atoms with van der Waals surface area (Å²) in [5, 5.41) is 11.2. The average Bonchev–Trinajstić information content (AvgIpc) is 3.23. The van der Waals surface area contributed by atoms with Gasteiger partial charge < -0.3 is 15.4 Å². The lowest BCUT2D eigenvalue weighted by molar-refractivity contribution is -0.0835. The molecule has 160 valence electrons. The standard InChI is InChI=1S/C22H33N5O.HI/c1-22(2,3)20-18(7-5-14-28-20)16-25-21(23-4)24-15-17-8-10-19(11-9-17)27-13-6-12-26-27;/h6,8-13,18,20H,5,7,14-16H2,1-4H3,(H2,23,24,25);1H. The molecule has 2 atom stereocenters. The average molecular weight is 511 g/mol. The Morgan fingerprint density at radius 2 is 2.00 bits per heavy atom. The summed E-state index contributed by atoms with van der Waals surface area (Å²) < 4.78 is 7.94. The molecule has 1 aliphatic rings. The summed E-state index contributed by atoms with van der Waals surface area (Å²) in [5.74, 6) is 1.33. The summed E-state index contributed by atoms with van der Waals surface area (Å²) >= 11 is 0. The van der Waals surface area contributed by atoms with E-state index in [1.807, 2.05) is 24.0 Å². The van der Waals surface area contributed by atoms with Gasteiger partial charge in [-0.05, 0) is 42.0 Å². The minimum absolute atomic E-state index is 0. The lowest BCUT2D eigenvalue weighted by Gasteiger charge is -2.40. The molecule has 7 heteroatoms. The highest BCUT2D eigenvalue weighted by atomic mass is 127. The Labute approximate surface area is 191 Å². The van der Waals surface area contributed by atoms with Crippen molar-refractivity contribution in [3.63, 3.8) is 0 Å². The first-order valence-electron chi connectivity index (χ1n) is 10.1. The first-order chi connectivity index (χ1) is 13.5. The Morgan fingerprint density at radius 1 is 1.24 bits per heavy atom. The van der Waals surface area contributed by atoms with Gasteiger partial charge in [-0.15, -0.1) is 24.0 Å². The number of benzene rings is 1. The van der Waals surface area contributed by atoms with Crippen LogP contribution in [0.15, 0.2) is 47.7 Å². The molecule has 2 N–H and O–H groups in total. The van der Waals surface area contributed by atoms with E-state index in [1.54, 1.807) is 6.20 Å². The van der Waals surface area contributed by atoms with Crippen LogP contribution in [0, 0.1) is 11.3 Å². The van der Waals surface area contributed by atoms with E-state index in [0.717, 1.165) is 37.8 Å². The Morgan fingerprint density at radius 3 is 2.62 bits per heavy atom. The molecule has 6 nitrogen and oxygen atoms in total. The predicted octanol–water partition coefficient (Wildman–Crippen LogP) is 4.00. The van der Waals surface area contributed by atoms with E-state index in [2.05, 4.69) is 65.8 Å². The summed E-state index contributed by atoms with van der Waals surface area (Å²) in [5.41, 5.74) is 2.41. The molecular weight excluding hydrogens is 477 g/mol. The normalized spacial score (nSPS) is 20.1. The molecule has 1 aliphatic heterocycles. The second-order valence-electron chi connectivity index (χ2n) is 8.48. The number of nitrogens with zero attached hydrogens (tertiary/aromatic N) is 3. The Kier molecular flexibility index (Phi) is 8.95. The zero-order valence-electron chi connectivity index (χ0n) is 17.9. The maximum absolute atomic E-state index is 6.08. The molecule has 29 heavy (non-hydrogen) atoms. The van der Waals surface area contributed by atoms with Crippen LogP contribution in [0.1, 0.15) is 39.2 Å². The van der Waals surface area contributed by atoms with Gasteiger partial charge in [0.2, 0.25) is 0 Å². The van der Waals surface area contributed by atoms with Gasteiger partial charge in [0.1, 0.15) is 0 Å². The van der Waals surface area contributed by atoms with Crippen LogP contribution in [0.4, 0.5) is 0 Å². The lowest BCUT2D eigenvalue weighted by Crippen LogP contribution is -2.47. The van der Waals surface area contributed by atoms with Crippen molar-refractivity contribution in [3.8, 4) is 5.69 Å². The third kappa shape index (κ3) is 6.70. The van der Waals surface area contributed by atoms with Crippen LogP contribution in [0.3, 0.4) is 0 Å². The fourth-order valence-electron chi connectivity index (χ4n) is 3.83. The summed E-state index contributed by atoms with van der Waals surface area (Å²) in [6, 6.07) is 10.3. The zero-order valence-corrected chi connectivity index (χ0v) is 20.2. The van der Waals surface area contributed by atoms with Crippen molar-refractivity contribution in [2.75, 3.05) is 20.2 Å². The molecular formula is C22H34IN5O. The van der Waals surface area contributed by atoms with Gasteiger partial charge >= 0.3 is 0 Å². The van der Waals surface area contributed by atoms with Crippen LogP contribution in [0.2, 0.25) is 0 Å². The molecule has 0 radical (unpaired) electrons. The quantitative estimate of drug-likeness (QED) is 0.362. The number of guanidine groups is 1. The van der Waals surface area contributed by atoms with E-state index >= 15 is 0 Å². The minimum atomic E-state index is 0. The molecule has 1 fully saturated rings. The summed E-state index contributed by atoms with van der Waals surface area (Å²) in [6.07, 6.45) is 6.33. The largest absolute Gasteiger partial charge is 0.377 e. The predicted molar refractivity (Wildman–Crippen MR) is 129 cm³/mol. The highest BCUT2D eigenvalue weighted by Crippen LogP contribution is 2.33. The maximum Gasteiger partial charge on any atom is 0.191 e. The van der Waals surface area contributed by atoms with Crippen molar-refractivity contribution in [1.29, 1.82) is 0 Å². The zero-order chi connectivity index (χ0) is 20.0. The molecule has 1 saturated heterocycles. The van der Waals surface area contributed by atoms with Crippen LogP contribution in [-0.4, -0.2) is 42.0 Å². The number of hydrogen-bond donors (Lipinski definition) is 2. The van der Waals surface area contributed by atoms with Crippen molar-refractivity contribution in [1.82, 2.24) is 20.4 Å². The van der Waals surface area contributed by atoms with E-state index in [0.29, 0.717) is 5.92 Å². The number of rotatable bonds is 5. The van der Waals surface area contributed by atoms with Crippen LogP contribution >= 0.6 is 24.0 Å². The van der Waals surface area contributed by atoms with Gasteiger partial charge in [0.15, 0.2) is 5.96 Å². The maximum atomic E-state index is 6.08. The Balaban J connectivity index is 0.00000300. The topological polar surface area (TPSA) is 63.5 Å². The number of halogens is 1. The smallest absolute Gasteiger partial charge is 0.191 e. The van der Waals surface area contributed by atoms with Crippen molar-refractivity contribution >= 4 is 29.9 Å². The number of aliphatic imine (C=N–C) groups is 1. The molecule has 2 aromatic rings. The molecule has 3 rings (SSSR count).